The van der Waals surface area contributed by atoms with Gasteiger partial charge in [-0.3, -0.25) is 9.59 Å². The van der Waals surface area contributed by atoms with Crippen LogP contribution in [0.3, 0.4) is 0 Å². The fraction of sp³-hybridized carbons (Fsp3) is 0.385. The second-order valence-corrected chi connectivity index (χ2v) is 5.72. The van der Waals surface area contributed by atoms with Crippen LogP contribution in [0, 0.1) is 0 Å². The molecule has 1 aromatic carbocycles. The van der Waals surface area contributed by atoms with E-state index in [4.69, 9.17) is 11.6 Å². The van der Waals surface area contributed by atoms with Gasteiger partial charge >= 0.3 is 0 Å². The Labute approximate surface area is 122 Å². The number of rotatable bonds is 6. The molecule has 104 valence electrons. The number of amides is 2. The minimum Gasteiger partial charge on any atom is -0.347 e. The van der Waals surface area contributed by atoms with Crippen LogP contribution in [0.1, 0.15) is 6.42 Å². The van der Waals surface area contributed by atoms with Crippen LogP contribution in [0.2, 0.25) is 5.02 Å². The molecule has 0 aromatic heterocycles. The van der Waals surface area contributed by atoms with Gasteiger partial charge in [-0.1, -0.05) is 11.6 Å². The molecule has 0 fully saturated rings. The molecule has 0 unspecified atom stereocenters. The molecule has 0 heterocycles. The van der Waals surface area contributed by atoms with E-state index in [1.807, 2.05) is 24.3 Å². The quantitative estimate of drug-likeness (QED) is 0.818. The van der Waals surface area contributed by atoms with Crippen LogP contribution >= 0.6 is 23.4 Å². The highest BCUT2D eigenvalue weighted by molar-refractivity contribution is 7.99. The van der Waals surface area contributed by atoms with Crippen LogP contribution in [0.25, 0.3) is 0 Å². The first-order chi connectivity index (χ1) is 8.99. The molecule has 0 aliphatic rings. The van der Waals surface area contributed by atoms with Gasteiger partial charge in [0.05, 0.1) is 6.54 Å². The standard InChI is InChI=1S/C13H17ClN2O2S/c1-16(2)13(18)9-15-12(17)7-8-19-11-5-3-10(14)4-6-11/h3-6H,7-9H2,1-2H3,(H,15,17). The molecule has 0 saturated heterocycles. The van der Waals surface area contributed by atoms with Crippen LogP contribution in [-0.4, -0.2) is 43.1 Å². The minimum atomic E-state index is -0.114. The lowest BCUT2D eigenvalue weighted by molar-refractivity contribution is -0.130. The van der Waals surface area contributed by atoms with Crippen molar-refractivity contribution in [2.24, 2.45) is 0 Å². The fourth-order valence-corrected chi connectivity index (χ4v) is 2.19. The molecule has 1 rings (SSSR count). The van der Waals surface area contributed by atoms with Crippen LogP contribution in [0.15, 0.2) is 29.2 Å². The Morgan fingerprint density at radius 2 is 1.89 bits per heavy atom. The normalized spacial score (nSPS) is 10.1. The summed E-state index contributed by atoms with van der Waals surface area (Å²) in [5.41, 5.74) is 0. The van der Waals surface area contributed by atoms with E-state index in [2.05, 4.69) is 5.32 Å². The number of carbonyl (C=O) groups excluding carboxylic acids is 2. The van der Waals surface area contributed by atoms with Gasteiger partial charge in [0, 0.05) is 36.2 Å². The Balaban J connectivity index is 2.20. The van der Waals surface area contributed by atoms with E-state index in [1.54, 1.807) is 25.9 Å². The summed E-state index contributed by atoms with van der Waals surface area (Å²) in [7, 11) is 3.32. The maximum absolute atomic E-state index is 11.5. The van der Waals surface area contributed by atoms with Crippen molar-refractivity contribution in [3.8, 4) is 0 Å². The van der Waals surface area contributed by atoms with Gasteiger partial charge in [0.25, 0.3) is 0 Å². The van der Waals surface area contributed by atoms with Gasteiger partial charge in [-0.2, -0.15) is 0 Å². The molecule has 4 nitrogen and oxygen atoms in total. The topological polar surface area (TPSA) is 49.4 Å². The van der Waals surface area contributed by atoms with Crippen molar-refractivity contribution in [1.82, 2.24) is 10.2 Å². The lowest BCUT2D eigenvalue weighted by atomic mass is 10.4. The number of thioether (sulfide) groups is 1. The summed E-state index contributed by atoms with van der Waals surface area (Å²) in [6, 6.07) is 7.47. The number of hydrogen-bond donors (Lipinski definition) is 1. The largest absolute Gasteiger partial charge is 0.347 e. The maximum atomic E-state index is 11.5. The monoisotopic (exact) mass is 300 g/mol. The van der Waals surface area contributed by atoms with Crippen molar-refractivity contribution in [3.05, 3.63) is 29.3 Å². The smallest absolute Gasteiger partial charge is 0.241 e. The van der Waals surface area contributed by atoms with Gasteiger partial charge in [0.1, 0.15) is 0 Å². The highest BCUT2D eigenvalue weighted by Crippen LogP contribution is 2.20. The molecule has 19 heavy (non-hydrogen) atoms. The Bertz CT molecular complexity index is 435. The van der Waals surface area contributed by atoms with Gasteiger partial charge in [0.15, 0.2) is 0 Å². The second kappa shape index (κ2) is 8.07. The molecule has 0 spiro atoms. The Morgan fingerprint density at radius 3 is 2.47 bits per heavy atom. The molecule has 2 amide bonds. The molecule has 6 heteroatoms. The molecule has 0 saturated carbocycles. The van der Waals surface area contributed by atoms with Crippen molar-refractivity contribution in [1.29, 1.82) is 0 Å². The molecule has 0 radical (unpaired) electrons. The van der Waals surface area contributed by atoms with Gasteiger partial charge in [-0.05, 0) is 24.3 Å². The summed E-state index contributed by atoms with van der Waals surface area (Å²) < 4.78 is 0. The summed E-state index contributed by atoms with van der Waals surface area (Å²) in [5, 5.41) is 3.29. The summed E-state index contributed by atoms with van der Waals surface area (Å²) in [6.07, 6.45) is 0.383. The van der Waals surface area contributed by atoms with E-state index in [0.29, 0.717) is 17.2 Å². The van der Waals surface area contributed by atoms with Gasteiger partial charge in [0.2, 0.25) is 11.8 Å². The average molecular weight is 301 g/mol. The number of nitrogens with one attached hydrogen (secondary N) is 1. The molecule has 0 atom stereocenters. The van der Waals surface area contributed by atoms with E-state index in [0.717, 1.165) is 4.90 Å². The van der Waals surface area contributed by atoms with Crippen LogP contribution in [-0.2, 0) is 9.59 Å². The Hall–Kier alpha value is -1.20. The minimum absolute atomic E-state index is 0.0530. The van der Waals surface area contributed by atoms with E-state index in [-0.39, 0.29) is 18.4 Å². The van der Waals surface area contributed by atoms with E-state index in [1.165, 1.54) is 4.90 Å². The first kappa shape index (κ1) is 15.9. The summed E-state index contributed by atoms with van der Waals surface area (Å²) in [5.74, 6) is 0.444. The zero-order chi connectivity index (χ0) is 14.3. The van der Waals surface area contributed by atoms with Crippen molar-refractivity contribution >= 4 is 35.2 Å². The van der Waals surface area contributed by atoms with Crippen LogP contribution in [0.4, 0.5) is 0 Å². The SMILES string of the molecule is CN(C)C(=O)CNC(=O)CCSc1ccc(Cl)cc1. The molecule has 0 bridgehead atoms. The fourth-order valence-electron chi connectivity index (χ4n) is 1.21. The third kappa shape index (κ3) is 6.50. The van der Waals surface area contributed by atoms with E-state index >= 15 is 0 Å². The molecular weight excluding hydrogens is 284 g/mol. The predicted octanol–water partition coefficient (Wildman–Crippen LogP) is 2.03. The molecule has 0 aliphatic carbocycles. The lowest BCUT2D eigenvalue weighted by Crippen LogP contribution is -2.36. The lowest BCUT2D eigenvalue weighted by Gasteiger charge is -2.10. The van der Waals surface area contributed by atoms with Gasteiger partial charge in [-0.25, -0.2) is 0 Å². The maximum Gasteiger partial charge on any atom is 0.241 e. The number of carbonyl (C=O) groups is 2. The van der Waals surface area contributed by atoms with E-state index in [9.17, 15) is 9.59 Å². The van der Waals surface area contributed by atoms with Crippen LogP contribution < -0.4 is 5.32 Å². The van der Waals surface area contributed by atoms with E-state index < -0.39 is 0 Å². The molecule has 1 N–H and O–H groups in total. The highest BCUT2D eigenvalue weighted by Gasteiger charge is 2.07. The predicted molar refractivity (Wildman–Crippen MR) is 78.5 cm³/mol. The second-order valence-electron chi connectivity index (χ2n) is 4.12. The third-order valence-corrected chi connectivity index (χ3v) is 3.61. The zero-order valence-electron chi connectivity index (χ0n) is 11.0. The Kier molecular flexibility index (Phi) is 6.73. The molecule has 0 aliphatic heterocycles. The third-order valence-electron chi connectivity index (χ3n) is 2.35. The van der Waals surface area contributed by atoms with Crippen LogP contribution in [0.5, 0.6) is 0 Å². The summed E-state index contributed by atoms with van der Waals surface area (Å²) in [4.78, 5) is 25.3. The average Bonchev–Trinajstić information content (AvgIpc) is 2.38. The number of nitrogens with zero attached hydrogens (tertiary/aromatic N) is 1. The first-order valence-corrected chi connectivity index (χ1v) is 7.20. The molecule has 1 aromatic rings. The first-order valence-electron chi connectivity index (χ1n) is 5.84. The number of halogens is 1. The van der Waals surface area contributed by atoms with Crippen molar-refractivity contribution in [2.75, 3.05) is 26.4 Å². The van der Waals surface area contributed by atoms with Crippen molar-refractivity contribution in [2.45, 2.75) is 11.3 Å². The van der Waals surface area contributed by atoms with Crippen molar-refractivity contribution < 1.29 is 9.59 Å². The zero-order valence-corrected chi connectivity index (χ0v) is 12.6. The summed E-state index contributed by atoms with van der Waals surface area (Å²) in [6.45, 7) is 0.0530. The number of likely N-dealkylation sites (N-methyl/N-ethyl adjacent to an activating group) is 1. The molecular formula is C13H17ClN2O2S. The van der Waals surface area contributed by atoms with Crippen molar-refractivity contribution in [3.63, 3.8) is 0 Å². The van der Waals surface area contributed by atoms with Gasteiger partial charge < -0.3 is 10.2 Å². The Morgan fingerprint density at radius 1 is 1.26 bits per heavy atom. The highest BCUT2D eigenvalue weighted by atomic mass is 35.5. The summed E-state index contributed by atoms with van der Waals surface area (Å²) >= 11 is 7.37. The number of benzene rings is 1. The van der Waals surface area contributed by atoms with Gasteiger partial charge in [-0.15, -0.1) is 11.8 Å². The number of hydrogen-bond acceptors (Lipinski definition) is 3.